The minimum absolute atomic E-state index is 0.102. The van der Waals surface area contributed by atoms with E-state index in [-0.39, 0.29) is 19.0 Å². The number of nitrogens with two attached hydrogens (primary N) is 2. The van der Waals surface area contributed by atoms with E-state index in [9.17, 15) is 9.59 Å². The SMILES string of the molecule is CCOC(=O)[C@H](CCc1ccccc1)N[C@@H](Cc1ccc(-c2cccc(Cl)c2)cc1)C(=O)N/C(=N/N)NN. The maximum atomic E-state index is 13.2. The summed E-state index contributed by atoms with van der Waals surface area (Å²) in [7, 11) is 0. The van der Waals surface area contributed by atoms with Crippen LogP contribution < -0.4 is 27.7 Å². The van der Waals surface area contributed by atoms with Crippen molar-refractivity contribution in [1.82, 2.24) is 16.1 Å². The number of hydrogen-bond acceptors (Lipinski definition) is 7. The van der Waals surface area contributed by atoms with Crippen LogP contribution in [0.4, 0.5) is 0 Å². The average molecular weight is 537 g/mol. The number of ether oxygens (including phenoxy) is 1. The van der Waals surface area contributed by atoms with Crippen LogP contribution in [0.2, 0.25) is 5.02 Å². The van der Waals surface area contributed by atoms with Crippen LogP contribution in [0.1, 0.15) is 24.5 Å². The Morgan fingerprint density at radius 1 is 0.947 bits per heavy atom. The summed E-state index contributed by atoms with van der Waals surface area (Å²) in [5.74, 6) is 9.69. The van der Waals surface area contributed by atoms with Gasteiger partial charge in [0, 0.05) is 5.02 Å². The van der Waals surface area contributed by atoms with Gasteiger partial charge in [-0.2, -0.15) is 0 Å². The fourth-order valence-electron chi connectivity index (χ4n) is 3.98. The quantitative estimate of drug-likeness (QED) is 0.0833. The van der Waals surface area contributed by atoms with Gasteiger partial charge in [-0.1, -0.05) is 78.3 Å². The molecule has 38 heavy (non-hydrogen) atoms. The molecule has 0 heterocycles. The minimum atomic E-state index is -0.817. The molecule has 10 heteroatoms. The first-order valence-electron chi connectivity index (χ1n) is 12.3. The highest BCUT2D eigenvalue weighted by Gasteiger charge is 2.28. The summed E-state index contributed by atoms with van der Waals surface area (Å²) >= 11 is 6.13. The Bertz CT molecular complexity index is 1220. The van der Waals surface area contributed by atoms with Gasteiger partial charge in [-0.25, -0.2) is 5.84 Å². The lowest BCUT2D eigenvalue weighted by Crippen LogP contribution is -2.56. The Morgan fingerprint density at radius 2 is 1.68 bits per heavy atom. The third kappa shape index (κ3) is 8.58. The number of halogens is 1. The first-order chi connectivity index (χ1) is 18.4. The third-order valence-corrected chi connectivity index (χ3v) is 6.15. The topological polar surface area (TPSA) is 144 Å². The Morgan fingerprint density at radius 3 is 2.32 bits per heavy atom. The normalized spacial score (nSPS) is 12.9. The molecule has 7 N–H and O–H groups in total. The highest BCUT2D eigenvalue weighted by atomic mass is 35.5. The number of guanidine groups is 1. The van der Waals surface area contributed by atoms with Gasteiger partial charge in [0.05, 0.1) is 12.6 Å². The third-order valence-electron chi connectivity index (χ3n) is 5.91. The van der Waals surface area contributed by atoms with Gasteiger partial charge >= 0.3 is 5.97 Å². The molecule has 3 rings (SSSR count). The molecule has 1 amide bonds. The Hall–Kier alpha value is -3.92. The molecule has 0 unspecified atom stereocenters. The van der Waals surface area contributed by atoms with Crippen molar-refractivity contribution in [2.24, 2.45) is 16.8 Å². The summed E-state index contributed by atoms with van der Waals surface area (Å²) in [5, 5.41) is 9.83. The minimum Gasteiger partial charge on any atom is -0.465 e. The summed E-state index contributed by atoms with van der Waals surface area (Å²) in [6.07, 6.45) is 1.35. The summed E-state index contributed by atoms with van der Waals surface area (Å²) in [5.41, 5.74) is 6.16. The molecule has 0 aliphatic heterocycles. The molecule has 3 aromatic carbocycles. The number of hydrazine groups is 1. The van der Waals surface area contributed by atoms with Crippen LogP contribution in [0.25, 0.3) is 11.1 Å². The number of benzene rings is 3. The van der Waals surface area contributed by atoms with Crippen molar-refractivity contribution >= 4 is 29.4 Å². The van der Waals surface area contributed by atoms with E-state index in [0.29, 0.717) is 17.9 Å². The van der Waals surface area contributed by atoms with Crippen molar-refractivity contribution in [3.05, 3.63) is 95.0 Å². The van der Waals surface area contributed by atoms with Gasteiger partial charge in [0.15, 0.2) is 0 Å². The highest BCUT2D eigenvalue weighted by molar-refractivity contribution is 6.30. The number of carbonyl (C=O) groups excluding carboxylic acids is 2. The molecule has 0 bridgehead atoms. The number of hydrazone groups is 1. The molecule has 0 saturated carbocycles. The van der Waals surface area contributed by atoms with Crippen LogP contribution >= 0.6 is 11.6 Å². The number of esters is 1. The second kappa shape index (κ2) is 14.7. The Labute approximate surface area is 227 Å². The Balaban J connectivity index is 1.82. The number of hydrogen-bond donors (Lipinski definition) is 5. The lowest BCUT2D eigenvalue weighted by molar-refractivity contribution is -0.146. The summed E-state index contributed by atoms with van der Waals surface area (Å²) in [4.78, 5) is 26.1. The molecule has 0 fully saturated rings. The standard InChI is InChI=1S/C28H33ClN6O3/c1-2-38-27(37)24(16-13-19-7-4-3-5-8-19)32-25(26(36)33-28(34-30)35-31)17-20-11-14-21(15-12-20)22-9-6-10-23(29)18-22/h3-12,14-15,18,24-25,32H,2,13,16-17,30-31H2,1H3,(H2,33,34,35,36)/t24-,25-/m0/s1. The second-order valence-electron chi connectivity index (χ2n) is 8.57. The van der Waals surface area contributed by atoms with E-state index >= 15 is 0 Å². The molecule has 2 atom stereocenters. The van der Waals surface area contributed by atoms with Crippen molar-refractivity contribution in [3.63, 3.8) is 0 Å². The Kier molecular flexibility index (Phi) is 11.1. The molecule has 0 spiro atoms. The van der Waals surface area contributed by atoms with E-state index in [0.717, 1.165) is 22.3 Å². The molecular weight excluding hydrogens is 504 g/mol. The van der Waals surface area contributed by atoms with Gasteiger partial charge in [0.2, 0.25) is 11.9 Å². The lowest BCUT2D eigenvalue weighted by atomic mass is 9.99. The van der Waals surface area contributed by atoms with Crippen LogP contribution in [-0.2, 0) is 27.2 Å². The average Bonchev–Trinajstić information content (AvgIpc) is 2.94. The monoisotopic (exact) mass is 536 g/mol. The highest BCUT2D eigenvalue weighted by Crippen LogP contribution is 2.23. The van der Waals surface area contributed by atoms with Gasteiger partial charge in [-0.05, 0) is 60.6 Å². The maximum Gasteiger partial charge on any atom is 0.323 e. The largest absolute Gasteiger partial charge is 0.465 e. The van der Waals surface area contributed by atoms with Crippen molar-refractivity contribution in [2.75, 3.05) is 6.61 Å². The number of rotatable bonds is 11. The van der Waals surface area contributed by atoms with Crippen LogP contribution in [0.3, 0.4) is 0 Å². The molecule has 3 aromatic rings. The lowest BCUT2D eigenvalue weighted by Gasteiger charge is -2.24. The van der Waals surface area contributed by atoms with Crippen molar-refractivity contribution in [1.29, 1.82) is 0 Å². The van der Waals surface area contributed by atoms with E-state index in [1.807, 2.05) is 78.9 Å². The zero-order valence-electron chi connectivity index (χ0n) is 21.2. The predicted octanol–water partition coefficient (Wildman–Crippen LogP) is 2.88. The van der Waals surface area contributed by atoms with Gasteiger partial charge in [-0.3, -0.25) is 25.6 Å². The van der Waals surface area contributed by atoms with E-state index in [1.54, 1.807) is 6.92 Å². The molecule has 9 nitrogen and oxygen atoms in total. The molecule has 0 saturated heterocycles. The smallest absolute Gasteiger partial charge is 0.323 e. The van der Waals surface area contributed by atoms with Crippen molar-refractivity contribution in [2.45, 2.75) is 38.3 Å². The fourth-order valence-corrected chi connectivity index (χ4v) is 4.17. The van der Waals surface area contributed by atoms with Gasteiger partial charge in [0.1, 0.15) is 6.04 Å². The zero-order chi connectivity index (χ0) is 27.3. The van der Waals surface area contributed by atoms with Gasteiger partial charge in [-0.15, -0.1) is 5.10 Å². The van der Waals surface area contributed by atoms with Crippen LogP contribution in [-0.4, -0.2) is 36.5 Å². The summed E-state index contributed by atoms with van der Waals surface area (Å²) in [6.45, 7) is 1.97. The second-order valence-corrected chi connectivity index (χ2v) is 9.01. The van der Waals surface area contributed by atoms with Gasteiger partial charge < -0.3 is 10.6 Å². The number of nitrogens with one attached hydrogen (secondary N) is 3. The van der Waals surface area contributed by atoms with E-state index < -0.39 is 24.0 Å². The number of aryl methyl sites for hydroxylation is 1. The van der Waals surface area contributed by atoms with Crippen molar-refractivity contribution < 1.29 is 14.3 Å². The molecule has 200 valence electrons. The van der Waals surface area contributed by atoms with E-state index in [4.69, 9.17) is 28.0 Å². The molecule has 0 radical (unpaired) electrons. The first-order valence-corrected chi connectivity index (χ1v) is 12.7. The summed E-state index contributed by atoms with van der Waals surface area (Å²) in [6, 6.07) is 23.6. The van der Waals surface area contributed by atoms with Crippen LogP contribution in [0.5, 0.6) is 0 Å². The predicted molar refractivity (Wildman–Crippen MR) is 150 cm³/mol. The van der Waals surface area contributed by atoms with E-state index in [1.165, 1.54) is 0 Å². The number of amides is 1. The maximum absolute atomic E-state index is 13.2. The number of nitrogens with zero attached hydrogens (tertiary/aromatic N) is 1. The zero-order valence-corrected chi connectivity index (χ0v) is 21.9. The molecular formula is C28H33ClN6O3. The first kappa shape index (κ1) is 28.6. The summed E-state index contributed by atoms with van der Waals surface area (Å²) < 4.78 is 5.30. The molecule has 0 aromatic heterocycles. The van der Waals surface area contributed by atoms with Gasteiger partial charge in [0.25, 0.3) is 0 Å². The van der Waals surface area contributed by atoms with E-state index in [2.05, 4.69) is 21.2 Å². The van der Waals surface area contributed by atoms with Crippen molar-refractivity contribution in [3.8, 4) is 11.1 Å². The van der Waals surface area contributed by atoms with Crippen LogP contribution in [0, 0.1) is 0 Å². The van der Waals surface area contributed by atoms with Crippen LogP contribution in [0.15, 0.2) is 84.0 Å². The molecule has 0 aliphatic rings. The number of carbonyl (C=O) groups is 2. The molecule has 0 aliphatic carbocycles. The fraction of sp³-hybridized carbons (Fsp3) is 0.250.